The van der Waals surface area contributed by atoms with E-state index in [0.29, 0.717) is 0 Å². The molecule has 2 rings (SSSR count). The van der Waals surface area contributed by atoms with E-state index in [1.165, 1.54) is 0 Å². The minimum absolute atomic E-state index is 0.0673. The highest BCUT2D eigenvalue weighted by atomic mass is 79.9. The normalized spacial score (nSPS) is 12.6. The maximum absolute atomic E-state index is 6.13. The lowest BCUT2D eigenvalue weighted by molar-refractivity contribution is 0.605. The summed E-state index contributed by atoms with van der Waals surface area (Å²) in [5.41, 5.74) is 7.04. The molecule has 0 aliphatic rings. The minimum atomic E-state index is -0.0673. The van der Waals surface area contributed by atoms with Gasteiger partial charge in [0.25, 0.3) is 0 Å². The van der Waals surface area contributed by atoms with Gasteiger partial charge in [0.1, 0.15) is 5.82 Å². The second-order valence-electron chi connectivity index (χ2n) is 3.97. The molecule has 0 saturated carbocycles. The Hall–Kier alpha value is -1.20. The molecule has 0 aromatic carbocycles. The predicted molar refractivity (Wildman–Crippen MR) is 70.4 cm³/mol. The van der Waals surface area contributed by atoms with Gasteiger partial charge in [0.2, 0.25) is 0 Å². The summed E-state index contributed by atoms with van der Waals surface area (Å²) < 4.78 is 2.98. The van der Waals surface area contributed by atoms with Crippen molar-refractivity contribution in [3.63, 3.8) is 0 Å². The summed E-state index contributed by atoms with van der Waals surface area (Å²) in [6.45, 7) is 0. The van der Waals surface area contributed by atoms with E-state index in [1.807, 2.05) is 29.9 Å². The van der Waals surface area contributed by atoms with Crippen LogP contribution in [0.15, 0.2) is 35.2 Å². The molecule has 2 aromatic rings. The van der Waals surface area contributed by atoms with Crippen LogP contribution in [0.5, 0.6) is 0 Å². The molecule has 0 amide bonds. The highest BCUT2D eigenvalue weighted by Gasteiger charge is 2.12. The highest BCUT2D eigenvalue weighted by Crippen LogP contribution is 2.22. The van der Waals surface area contributed by atoms with E-state index in [9.17, 15) is 0 Å². The van der Waals surface area contributed by atoms with Gasteiger partial charge in [0.15, 0.2) is 0 Å². The molecular weight excluding hydrogens is 280 g/mol. The molecule has 1 unspecified atom stereocenters. The molecule has 0 aliphatic heterocycles. The Morgan fingerprint density at radius 2 is 2.24 bits per heavy atom. The van der Waals surface area contributed by atoms with Crippen LogP contribution in [-0.4, -0.2) is 14.5 Å². The van der Waals surface area contributed by atoms with Crippen molar-refractivity contribution in [3.8, 4) is 0 Å². The minimum Gasteiger partial charge on any atom is -0.338 e. The Morgan fingerprint density at radius 3 is 2.88 bits per heavy atom. The van der Waals surface area contributed by atoms with Gasteiger partial charge in [-0.3, -0.25) is 4.98 Å². The van der Waals surface area contributed by atoms with Gasteiger partial charge in [-0.25, -0.2) is 4.98 Å². The smallest absolute Gasteiger partial charge is 0.108 e. The Kier molecular flexibility index (Phi) is 3.91. The first kappa shape index (κ1) is 12.3. The van der Waals surface area contributed by atoms with Crippen LogP contribution in [0.4, 0.5) is 0 Å². The Morgan fingerprint density at radius 1 is 1.41 bits per heavy atom. The van der Waals surface area contributed by atoms with Crippen LogP contribution in [0.25, 0.3) is 0 Å². The van der Waals surface area contributed by atoms with Gasteiger partial charge in [0.05, 0.1) is 5.69 Å². The quantitative estimate of drug-likeness (QED) is 0.941. The fourth-order valence-electron chi connectivity index (χ4n) is 1.73. The molecule has 2 heterocycles. The first-order valence-corrected chi connectivity index (χ1v) is 6.30. The maximum atomic E-state index is 6.13. The highest BCUT2D eigenvalue weighted by molar-refractivity contribution is 9.10. The Labute approximate surface area is 109 Å². The second kappa shape index (κ2) is 5.42. The van der Waals surface area contributed by atoms with E-state index in [1.54, 1.807) is 12.4 Å². The molecule has 4 nitrogen and oxygen atoms in total. The van der Waals surface area contributed by atoms with Crippen LogP contribution in [0.1, 0.15) is 24.0 Å². The van der Waals surface area contributed by atoms with E-state index in [-0.39, 0.29) is 6.04 Å². The van der Waals surface area contributed by atoms with E-state index in [4.69, 9.17) is 5.73 Å². The second-order valence-corrected chi connectivity index (χ2v) is 4.82. The molecule has 0 fully saturated rings. The molecule has 0 spiro atoms. The first-order chi connectivity index (χ1) is 8.18. The number of imidazole rings is 1. The standard InChI is InChI=1S/C12H15BrN4/c1-17-8-7-15-11(17)5-4-10(14)12-9(13)3-2-6-16-12/h2-3,6-8,10H,4-5,14H2,1H3. The van der Waals surface area contributed by atoms with Crippen LogP contribution in [-0.2, 0) is 13.5 Å². The number of aromatic nitrogens is 3. The third-order valence-electron chi connectivity index (χ3n) is 2.74. The number of halogens is 1. The molecule has 17 heavy (non-hydrogen) atoms. The molecular formula is C12H15BrN4. The lowest BCUT2D eigenvalue weighted by Crippen LogP contribution is -2.14. The van der Waals surface area contributed by atoms with Gasteiger partial charge >= 0.3 is 0 Å². The molecule has 2 N–H and O–H groups in total. The fraction of sp³-hybridized carbons (Fsp3) is 0.333. The van der Waals surface area contributed by atoms with Gasteiger partial charge in [-0.1, -0.05) is 0 Å². The monoisotopic (exact) mass is 294 g/mol. The summed E-state index contributed by atoms with van der Waals surface area (Å²) in [4.78, 5) is 8.58. The van der Waals surface area contributed by atoms with Gasteiger partial charge < -0.3 is 10.3 Å². The van der Waals surface area contributed by atoms with Crippen molar-refractivity contribution >= 4 is 15.9 Å². The SMILES string of the molecule is Cn1ccnc1CCC(N)c1ncccc1Br. The lowest BCUT2D eigenvalue weighted by atomic mass is 10.1. The summed E-state index contributed by atoms with van der Waals surface area (Å²) >= 11 is 3.47. The predicted octanol–water partition coefficient (Wildman–Crippen LogP) is 2.21. The number of rotatable bonds is 4. The Balaban J connectivity index is 2.01. The zero-order valence-corrected chi connectivity index (χ0v) is 11.3. The van der Waals surface area contributed by atoms with Crippen molar-refractivity contribution in [2.24, 2.45) is 12.8 Å². The molecule has 0 saturated heterocycles. The third kappa shape index (κ3) is 2.92. The molecule has 5 heteroatoms. The third-order valence-corrected chi connectivity index (χ3v) is 3.41. The van der Waals surface area contributed by atoms with E-state index in [0.717, 1.165) is 28.8 Å². The number of nitrogens with zero attached hydrogens (tertiary/aromatic N) is 3. The van der Waals surface area contributed by atoms with E-state index < -0.39 is 0 Å². The topological polar surface area (TPSA) is 56.7 Å². The molecule has 0 radical (unpaired) electrons. The first-order valence-electron chi connectivity index (χ1n) is 5.50. The average Bonchev–Trinajstić information content (AvgIpc) is 2.72. The lowest BCUT2D eigenvalue weighted by Gasteiger charge is -2.12. The maximum Gasteiger partial charge on any atom is 0.108 e. The van der Waals surface area contributed by atoms with Crippen LogP contribution in [0.2, 0.25) is 0 Å². The number of pyridine rings is 1. The number of hydrogen-bond acceptors (Lipinski definition) is 3. The molecule has 1 atom stereocenters. The summed E-state index contributed by atoms with van der Waals surface area (Å²) in [6.07, 6.45) is 7.20. The van der Waals surface area contributed by atoms with Gasteiger partial charge in [-0.05, 0) is 34.5 Å². The van der Waals surface area contributed by atoms with E-state index >= 15 is 0 Å². The average molecular weight is 295 g/mol. The van der Waals surface area contributed by atoms with Crippen molar-refractivity contribution < 1.29 is 0 Å². The van der Waals surface area contributed by atoms with Crippen LogP contribution < -0.4 is 5.73 Å². The number of hydrogen-bond donors (Lipinski definition) is 1. The Bertz CT molecular complexity index is 495. The largest absolute Gasteiger partial charge is 0.338 e. The fourth-order valence-corrected chi connectivity index (χ4v) is 2.28. The van der Waals surface area contributed by atoms with Gasteiger partial charge in [0, 0.05) is 42.6 Å². The molecule has 90 valence electrons. The molecule has 2 aromatic heterocycles. The van der Waals surface area contributed by atoms with Gasteiger partial charge in [-0.2, -0.15) is 0 Å². The number of nitrogens with two attached hydrogens (primary N) is 1. The van der Waals surface area contributed by atoms with E-state index in [2.05, 4.69) is 25.9 Å². The van der Waals surface area contributed by atoms with Gasteiger partial charge in [-0.15, -0.1) is 0 Å². The zero-order chi connectivity index (χ0) is 12.3. The van der Waals surface area contributed by atoms with Crippen molar-refractivity contribution in [1.29, 1.82) is 0 Å². The molecule has 0 aliphatic carbocycles. The summed E-state index contributed by atoms with van der Waals surface area (Å²) in [5, 5.41) is 0. The summed E-state index contributed by atoms with van der Waals surface area (Å²) in [5.74, 6) is 1.05. The van der Waals surface area contributed by atoms with Crippen molar-refractivity contribution in [2.75, 3.05) is 0 Å². The molecule has 0 bridgehead atoms. The van der Waals surface area contributed by atoms with Crippen molar-refractivity contribution in [3.05, 3.63) is 46.7 Å². The number of aryl methyl sites for hydroxylation is 2. The summed E-state index contributed by atoms with van der Waals surface area (Å²) in [6, 6.07) is 3.78. The van der Waals surface area contributed by atoms with Crippen molar-refractivity contribution in [2.45, 2.75) is 18.9 Å². The zero-order valence-electron chi connectivity index (χ0n) is 9.68. The van der Waals surface area contributed by atoms with Crippen LogP contribution >= 0.6 is 15.9 Å². The van der Waals surface area contributed by atoms with Crippen LogP contribution in [0.3, 0.4) is 0 Å². The summed E-state index contributed by atoms with van der Waals surface area (Å²) in [7, 11) is 1.99. The van der Waals surface area contributed by atoms with Crippen LogP contribution in [0, 0.1) is 0 Å². The van der Waals surface area contributed by atoms with Crippen molar-refractivity contribution in [1.82, 2.24) is 14.5 Å².